The van der Waals surface area contributed by atoms with Crippen LogP contribution in [0.25, 0.3) is 0 Å². The van der Waals surface area contributed by atoms with Crippen LogP contribution in [0.3, 0.4) is 0 Å². The second-order valence-corrected chi connectivity index (χ2v) is 5.90. The van der Waals surface area contributed by atoms with Gasteiger partial charge >= 0.3 is 5.97 Å². The summed E-state index contributed by atoms with van der Waals surface area (Å²) in [6, 6.07) is 5.89. The van der Waals surface area contributed by atoms with Crippen molar-refractivity contribution in [3.8, 4) is 5.75 Å². The fraction of sp³-hybridized carbons (Fsp3) is 0.588. The molecule has 1 aromatic carbocycles. The lowest BCUT2D eigenvalue weighted by Gasteiger charge is -2.21. The molecule has 0 bridgehead atoms. The topological polar surface area (TPSA) is 47.6 Å². The summed E-state index contributed by atoms with van der Waals surface area (Å²) >= 11 is 0. The number of hydrogen-bond donors (Lipinski definition) is 1. The number of methoxy groups -OCH3 is 1. The van der Waals surface area contributed by atoms with Crippen molar-refractivity contribution >= 4 is 5.97 Å². The van der Waals surface area contributed by atoms with Crippen LogP contribution in [0, 0.1) is 6.92 Å². The van der Waals surface area contributed by atoms with Crippen LogP contribution in [-0.4, -0.2) is 31.8 Å². The molecular formula is C17H27NO3. The molecule has 1 unspecified atom stereocenters. The van der Waals surface area contributed by atoms with Gasteiger partial charge in [0.25, 0.3) is 0 Å². The third kappa shape index (κ3) is 5.38. The van der Waals surface area contributed by atoms with E-state index in [1.165, 1.54) is 7.11 Å². The number of esters is 1. The number of hydrogen-bond acceptors (Lipinski definition) is 4. The van der Waals surface area contributed by atoms with Gasteiger partial charge in [-0.25, -0.2) is 0 Å². The molecule has 0 saturated heterocycles. The molecule has 0 aliphatic carbocycles. The number of carbonyl (C=O) groups excluding carboxylic acids is 1. The third-order valence-electron chi connectivity index (χ3n) is 3.22. The molecule has 0 amide bonds. The molecule has 0 radical (unpaired) electrons. The van der Waals surface area contributed by atoms with Crippen molar-refractivity contribution in [2.45, 2.75) is 52.6 Å². The molecule has 0 spiro atoms. The highest BCUT2D eigenvalue weighted by Gasteiger charge is 2.21. The fourth-order valence-corrected chi connectivity index (χ4v) is 2.15. The Balaban J connectivity index is 2.84. The predicted molar refractivity (Wildman–Crippen MR) is 84.8 cm³/mol. The van der Waals surface area contributed by atoms with E-state index in [4.69, 9.17) is 9.47 Å². The molecule has 0 aliphatic heterocycles. The van der Waals surface area contributed by atoms with E-state index in [-0.39, 0.29) is 18.6 Å². The smallest absolute Gasteiger partial charge is 0.326 e. The summed E-state index contributed by atoms with van der Waals surface area (Å²) < 4.78 is 10.7. The van der Waals surface area contributed by atoms with Crippen molar-refractivity contribution in [2.75, 3.05) is 13.7 Å². The van der Waals surface area contributed by atoms with Crippen LogP contribution in [0.5, 0.6) is 5.75 Å². The Morgan fingerprint density at radius 1 is 1.24 bits per heavy atom. The molecule has 4 heteroatoms. The van der Waals surface area contributed by atoms with Gasteiger partial charge in [-0.1, -0.05) is 39.8 Å². The zero-order valence-electron chi connectivity index (χ0n) is 13.9. The Morgan fingerprint density at radius 3 is 2.43 bits per heavy atom. The van der Waals surface area contributed by atoms with E-state index in [1.54, 1.807) is 0 Å². The van der Waals surface area contributed by atoms with Gasteiger partial charge in [-0.15, -0.1) is 0 Å². The number of benzene rings is 1. The van der Waals surface area contributed by atoms with Crippen LogP contribution in [0.4, 0.5) is 0 Å². The van der Waals surface area contributed by atoms with E-state index in [2.05, 4.69) is 31.3 Å². The number of nitrogens with one attached hydrogen (secondary N) is 1. The van der Waals surface area contributed by atoms with Crippen molar-refractivity contribution in [3.05, 3.63) is 29.3 Å². The maximum absolute atomic E-state index is 11.8. The summed E-state index contributed by atoms with van der Waals surface area (Å²) in [6.45, 7) is 10.5. The summed E-state index contributed by atoms with van der Waals surface area (Å²) in [5.41, 5.74) is 2.29. The van der Waals surface area contributed by atoms with Crippen LogP contribution >= 0.6 is 0 Å². The van der Waals surface area contributed by atoms with Crippen molar-refractivity contribution in [3.63, 3.8) is 0 Å². The SMILES string of the molecule is COC(=O)C(COc1cc(C)ccc1C(C)C)NC(C)C. The monoisotopic (exact) mass is 293 g/mol. The molecule has 4 nitrogen and oxygen atoms in total. The molecule has 0 aromatic heterocycles. The lowest BCUT2D eigenvalue weighted by Crippen LogP contribution is -2.45. The molecular weight excluding hydrogens is 266 g/mol. The van der Waals surface area contributed by atoms with Gasteiger partial charge in [-0.3, -0.25) is 10.1 Å². The summed E-state index contributed by atoms with van der Waals surface area (Å²) in [5.74, 6) is 0.905. The summed E-state index contributed by atoms with van der Waals surface area (Å²) in [5, 5.41) is 3.16. The van der Waals surface area contributed by atoms with E-state index >= 15 is 0 Å². The van der Waals surface area contributed by atoms with Gasteiger partial charge in [0.05, 0.1) is 7.11 Å². The molecule has 118 valence electrons. The van der Waals surface area contributed by atoms with E-state index in [1.807, 2.05) is 26.8 Å². The first-order valence-corrected chi connectivity index (χ1v) is 7.42. The van der Waals surface area contributed by atoms with Gasteiger partial charge in [0.1, 0.15) is 18.4 Å². The standard InChI is InChI=1S/C17H27NO3/c1-11(2)14-8-7-13(5)9-16(14)21-10-15(17(19)20-6)18-12(3)4/h7-9,11-12,15,18H,10H2,1-6H3. The average molecular weight is 293 g/mol. The quantitative estimate of drug-likeness (QED) is 0.785. The lowest BCUT2D eigenvalue weighted by molar-refractivity contribution is -0.144. The highest BCUT2D eigenvalue weighted by atomic mass is 16.5. The summed E-state index contributed by atoms with van der Waals surface area (Å²) in [4.78, 5) is 11.8. The number of ether oxygens (including phenoxy) is 2. The highest BCUT2D eigenvalue weighted by molar-refractivity contribution is 5.75. The summed E-state index contributed by atoms with van der Waals surface area (Å²) in [7, 11) is 1.39. The first-order valence-electron chi connectivity index (χ1n) is 7.42. The van der Waals surface area contributed by atoms with Crippen molar-refractivity contribution in [1.82, 2.24) is 5.32 Å². The minimum atomic E-state index is -0.462. The molecule has 0 aliphatic rings. The molecule has 0 saturated carbocycles. The number of rotatable bonds is 7. The minimum absolute atomic E-state index is 0.180. The van der Waals surface area contributed by atoms with Gasteiger partial charge in [0, 0.05) is 6.04 Å². The van der Waals surface area contributed by atoms with Crippen LogP contribution in [0.1, 0.15) is 44.7 Å². The van der Waals surface area contributed by atoms with Gasteiger partial charge in [-0.2, -0.15) is 0 Å². The lowest BCUT2D eigenvalue weighted by atomic mass is 10.0. The number of aryl methyl sites for hydroxylation is 1. The zero-order valence-corrected chi connectivity index (χ0v) is 13.9. The van der Waals surface area contributed by atoms with E-state index < -0.39 is 6.04 Å². The third-order valence-corrected chi connectivity index (χ3v) is 3.22. The predicted octanol–water partition coefficient (Wildman–Crippen LogP) is 3.04. The molecule has 1 atom stereocenters. The molecule has 0 fully saturated rings. The highest BCUT2D eigenvalue weighted by Crippen LogP contribution is 2.27. The van der Waals surface area contributed by atoms with E-state index in [0.29, 0.717) is 5.92 Å². The van der Waals surface area contributed by atoms with Gasteiger partial charge in [0.2, 0.25) is 0 Å². The van der Waals surface area contributed by atoms with Crippen molar-refractivity contribution in [1.29, 1.82) is 0 Å². The largest absolute Gasteiger partial charge is 0.491 e. The molecule has 1 rings (SSSR count). The maximum atomic E-state index is 11.8. The minimum Gasteiger partial charge on any atom is -0.491 e. The molecule has 0 heterocycles. The van der Waals surface area contributed by atoms with Gasteiger partial charge in [-0.05, 0) is 30.0 Å². The van der Waals surface area contributed by atoms with Gasteiger partial charge in [0.15, 0.2) is 0 Å². The number of carbonyl (C=O) groups is 1. The Bertz CT molecular complexity index is 469. The molecule has 1 aromatic rings. The average Bonchev–Trinajstić information content (AvgIpc) is 2.41. The fourth-order valence-electron chi connectivity index (χ4n) is 2.15. The molecule has 21 heavy (non-hydrogen) atoms. The first kappa shape index (κ1) is 17.5. The maximum Gasteiger partial charge on any atom is 0.326 e. The zero-order chi connectivity index (χ0) is 16.0. The van der Waals surface area contributed by atoms with E-state index in [0.717, 1.165) is 16.9 Å². The van der Waals surface area contributed by atoms with Crippen molar-refractivity contribution in [2.24, 2.45) is 0 Å². The summed E-state index contributed by atoms with van der Waals surface area (Å²) in [6.07, 6.45) is 0. The van der Waals surface area contributed by atoms with Crippen molar-refractivity contribution < 1.29 is 14.3 Å². The Hall–Kier alpha value is -1.55. The second kappa shape index (κ2) is 8.03. The Kier molecular flexibility index (Phi) is 6.69. The Morgan fingerprint density at radius 2 is 1.90 bits per heavy atom. The first-order chi connectivity index (χ1) is 9.85. The van der Waals surface area contributed by atoms with Crippen LogP contribution < -0.4 is 10.1 Å². The van der Waals surface area contributed by atoms with Gasteiger partial charge < -0.3 is 9.47 Å². The second-order valence-electron chi connectivity index (χ2n) is 5.90. The van der Waals surface area contributed by atoms with Crippen LogP contribution in [0.15, 0.2) is 18.2 Å². The molecule has 1 N–H and O–H groups in total. The van der Waals surface area contributed by atoms with Crippen LogP contribution in [-0.2, 0) is 9.53 Å². The normalized spacial score (nSPS) is 12.6. The van der Waals surface area contributed by atoms with E-state index in [9.17, 15) is 4.79 Å². The Labute approximate surface area is 127 Å². The van der Waals surface area contributed by atoms with Crippen LogP contribution in [0.2, 0.25) is 0 Å².